The minimum Gasteiger partial charge on any atom is -0.493 e. The number of nitrogens with zero attached hydrogens (tertiary/aromatic N) is 3. The lowest BCUT2D eigenvalue weighted by atomic mass is 9.95. The summed E-state index contributed by atoms with van der Waals surface area (Å²) < 4.78 is 8.79. The van der Waals surface area contributed by atoms with Crippen molar-refractivity contribution in [2.24, 2.45) is 0 Å². The molecule has 112 valence electrons. The molecule has 1 aliphatic rings. The van der Waals surface area contributed by atoms with Crippen LogP contribution in [0.1, 0.15) is 37.7 Å². The van der Waals surface area contributed by atoms with Crippen LogP contribution in [0.5, 0.6) is 5.75 Å². The predicted octanol–water partition coefficient (Wildman–Crippen LogP) is 3.97. The summed E-state index contributed by atoms with van der Waals surface area (Å²) in [5.74, 6) is 1.85. The van der Waals surface area contributed by atoms with Crippen molar-refractivity contribution in [2.75, 3.05) is 6.61 Å². The molecule has 0 spiro atoms. The number of ether oxygens (including phenoxy) is 1. The molecule has 0 saturated heterocycles. The van der Waals surface area contributed by atoms with E-state index in [-0.39, 0.29) is 5.41 Å². The van der Waals surface area contributed by atoms with Crippen molar-refractivity contribution in [3.8, 4) is 5.75 Å². The van der Waals surface area contributed by atoms with Crippen molar-refractivity contribution >= 4 is 27.5 Å². The van der Waals surface area contributed by atoms with Gasteiger partial charge >= 0.3 is 0 Å². The Balaban J connectivity index is 2.04. The average Bonchev–Trinajstić information content (AvgIpc) is 2.96. The summed E-state index contributed by atoms with van der Waals surface area (Å²) in [4.78, 5) is 0. The first-order valence-corrected chi connectivity index (χ1v) is 8.06. The second-order valence-corrected chi connectivity index (χ2v) is 7.53. The molecule has 6 heteroatoms. The summed E-state index contributed by atoms with van der Waals surface area (Å²) in [5, 5.41) is 8.66. The highest BCUT2D eigenvalue weighted by atomic mass is 79.9. The third-order valence-electron chi connectivity index (χ3n) is 3.53. The quantitative estimate of drug-likeness (QED) is 0.803. The van der Waals surface area contributed by atoms with Gasteiger partial charge in [-0.3, -0.25) is 4.57 Å². The summed E-state index contributed by atoms with van der Waals surface area (Å²) in [5.41, 5.74) is 2.22. The van der Waals surface area contributed by atoms with Gasteiger partial charge in [-0.1, -0.05) is 36.7 Å². The van der Waals surface area contributed by atoms with Gasteiger partial charge in [0.2, 0.25) is 5.28 Å². The standard InChI is InChI=1S/C15H17BrClN3O/c1-15(2,3)13-18-19-14(17)20(13)8-10-7-11(16)6-9-4-5-21-12(9)10/h6-7H,4-5,8H2,1-3H3. The van der Waals surface area contributed by atoms with E-state index in [1.54, 1.807) is 0 Å². The van der Waals surface area contributed by atoms with Crippen molar-refractivity contribution < 1.29 is 4.74 Å². The molecule has 1 aliphatic heterocycles. The van der Waals surface area contributed by atoms with Gasteiger partial charge in [0.1, 0.15) is 11.6 Å². The van der Waals surface area contributed by atoms with Crippen molar-refractivity contribution in [3.63, 3.8) is 0 Å². The fraction of sp³-hybridized carbons (Fsp3) is 0.467. The van der Waals surface area contributed by atoms with E-state index in [4.69, 9.17) is 16.3 Å². The Kier molecular flexibility index (Phi) is 3.74. The number of aromatic nitrogens is 3. The molecule has 2 heterocycles. The topological polar surface area (TPSA) is 39.9 Å². The fourth-order valence-electron chi connectivity index (χ4n) is 2.61. The highest BCUT2D eigenvalue weighted by molar-refractivity contribution is 9.10. The van der Waals surface area contributed by atoms with Crippen LogP contribution in [-0.4, -0.2) is 21.4 Å². The lowest BCUT2D eigenvalue weighted by molar-refractivity contribution is 0.352. The maximum absolute atomic E-state index is 6.23. The molecule has 1 aromatic heterocycles. The Morgan fingerprint density at radius 2 is 2.10 bits per heavy atom. The van der Waals surface area contributed by atoms with Crippen molar-refractivity contribution in [2.45, 2.75) is 39.2 Å². The third-order valence-corrected chi connectivity index (χ3v) is 4.27. The zero-order valence-corrected chi connectivity index (χ0v) is 14.6. The van der Waals surface area contributed by atoms with Crippen LogP contribution >= 0.6 is 27.5 Å². The number of hydrogen-bond acceptors (Lipinski definition) is 3. The van der Waals surface area contributed by atoms with Crippen LogP contribution in [0.25, 0.3) is 0 Å². The van der Waals surface area contributed by atoms with Crippen LogP contribution in [-0.2, 0) is 18.4 Å². The van der Waals surface area contributed by atoms with Crippen LogP contribution in [0.3, 0.4) is 0 Å². The van der Waals surface area contributed by atoms with E-state index in [2.05, 4.69) is 59.0 Å². The molecule has 4 nitrogen and oxygen atoms in total. The fourth-order valence-corrected chi connectivity index (χ4v) is 3.34. The summed E-state index contributed by atoms with van der Waals surface area (Å²) >= 11 is 9.80. The molecule has 0 fully saturated rings. The smallest absolute Gasteiger partial charge is 0.225 e. The number of halogens is 2. The van der Waals surface area contributed by atoms with E-state index in [1.165, 1.54) is 5.56 Å². The van der Waals surface area contributed by atoms with Gasteiger partial charge in [0.05, 0.1) is 13.2 Å². The molecule has 21 heavy (non-hydrogen) atoms. The molecule has 0 radical (unpaired) electrons. The molecular formula is C15H17BrClN3O. The largest absolute Gasteiger partial charge is 0.493 e. The van der Waals surface area contributed by atoms with E-state index >= 15 is 0 Å². The molecule has 0 unspecified atom stereocenters. The average molecular weight is 371 g/mol. The highest BCUT2D eigenvalue weighted by Crippen LogP contribution is 2.34. The molecule has 0 atom stereocenters. The molecule has 1 aromatic carbocycles. The molecule has 0 amide bonds. The Hall–Kier alpha value is -1.07. The summed E-state index contributed by atoms with van der Waals surface area (Å²) in [6.07, 6.45) is 0.948. The molecule has 0 aliphatic carbocycles. The first kappa shape index (κ1) is 14.9. The predicted molar refractivity (Wildman–Crippen MR) is 86.2 cm³/mol. The lowest BCUT2D eigenvalue weighted by Gasteiger charge is -2.19. The van der Waals surface area contributed by atoms with Gasteiger partial charge in [0, 0.05) is 21.9 Å². The monoisotopic (exact) mass is 369 g/mol. The molecule has 2 aromatic rings. The van der Waals surface area contributed by atoms with Crippen molar-refractivity contribution in [1.29, 1.82) is 0 Å². The highest BCUT2D eigenvalue weighted by Gasteiger charge is 2.25. The van der Waals surface area contributed by atoms with E-state index in [0.717, 1.165) is 34.6 Å². The Morgan fingerprint density at radius 1 is 1.33 bits per heavy atom. The van der Waals surface area contributed by atoms with Crippen molar-refractivity contribution in [1.82, 2.24) is 14.8 Å². The van der Waals surface area contributed by atoms with Gasteiger partial charge in [-0.15, -0.1) is 10.2 Å². The maximum Gasteiger partial charge on any atom is 0.225 e. The van der Waals surface area contributed by atoms with E-state index in [1.807, 2.05) is 4.57 Å². The zero-order valence-electron chi connectivity index (χ0n) is 12.3. The molecular weight excluding hydrogens is 354 g/mol. The summed E-state index contributed by atoms with van der Waals surface area (Å²) in [7, 11) is 0. The minimum atomic E-state index is -0.115. The summed E-state index contributed by atoms with van der Waals surface area (Å²) in [6.45, 7) is 7.66. The second kappa shape index (κ2) is 5.29. The number of fused-ring (bicyclic) bond motifs is 1. The molecule has 0 N–H and O–H groups in total. The normalized spacial score (nSPS) is 14.1. The number of hydrogen-bond donors (Lipinski definition) is 0. The van der Waals surface area contributed by atoms with Crippen LogP contribution in [0.2, 0.25) is 5.28 Å². The SMILES string of the molecule is CC(C)(C)c1nnc(Cl)n1Cc1cc(Br)cc2c1OCC2. The summed E-state index contributed by atoms with van der Waals surface area (Å²) in [6, 6.07) is 4.19. The van der Waals surface area contributed by atoms with Gasteiger partial charge < -0.3 is 4.74 Å². The van der Waals surface area contributed by atoms with Gasteiger partial charge in [0.25, 0.3) is 0 Å². The van der Waals surface area contributed by atoms with E-state index in [9.17, 15) is 0 Å². The van der Waals surface area contributed by atoms with Crippen LogP contribution in [0.15, 0.2) is 16.6 Å². The molecule has 0 saturated carbocycles. The van der Waals surface area contributed by atoms with Gasteiger partial charge in [-0.2, -0.15) is 0 Å². The van der Waals surface area contributed by atoms with Crippen LogP contribution < -0.4 is 4.74 Å². The lowest BCUT2D eigenvalue weighted by Crippen LogP contribution is -2.19. The van der Waals surface area contributed by atoms with Gasteiger partial charge in [-0.05, 0) is 29.3 Å². The Labute approximate surface area is 137 Å². The number of rotatable bonds is 2. The maximum atomic E-state index is 6.23. The Morgan fingerprint density at radius 3 is 2.81 bits per heavy atom. The first-order valence-electron chi connectivity index (χ1n) is 6.89. The Bertz CT molecular complexity index is 691. The van der Waals surface area contributed by atoms with E-state index in [0.29, 0.717) is 11.8 Å². The van der Waals surface area contributed by atoms with Crippen molar-refractivity contribution in [3.05, 3.63) is 38.8 Å². The molecule has 3 rings (SSSR count). The van der Waals surface area contributed by atoms with Gasteiger partial charge in [-0.25, -0.2) is 0 Å². The minimum absolute atomic E-state index is 0.115. The van der Waals surface area contributed by atoms with E-state index < -0.39 is 0 Å². The van der Waals surface area contributed by atoms with Crippen LogP contribution in [0, 0.1) is 0 Å². The first-order chi connectivity index (χ1) is 9.86. The zero-order chi connectivity index (χ0) is 15.2. The second-order valence-electron chi connectivity index (χ2n) is 6.28. The van der Waals surface area contributed by atoms with Crippen LogP contribution in [0.4, 0.5) is 0 Å². The molecule has 0 bridgehead atoms. The van der Waals surface area contributed by atoms with Gasteiger partial charge in [0.15, 0.2) is 0 Å². The third kappa shape index (κ3) is 2.81. The number of benzene rings is 1.